The van der Waals surface area contributed by atoms with Gasteiger partial charge in [-0.25, -0.2) is 0 Å². The fraction of sp³-hybridized carbons (Fsp3) is 0.952. The SMILES string of the molecule is CCCCCCCCC(CCCCCCCC)N(C)C(=O)C(C)(C)CCCCCCOC(=O)[C@@H]1C[C@H](OC(O)CCN(C)C)CN1CCCCCCC(C)(C)C(=O)OCCCC(CCCCC)CCCCC. The highest BCUT2D eigenvalue weighted by atomic mass is 16.6. The van der Waals surface area contributed by atoms with Crippen LogP contribution in [0.1, 0.15) is 287 Å². The summed E-state index contributed by atoms with van der Waals surface area (Å²) in [6.07, 6.45) is 39.3. The van der Waals surface area contributed by atoms with Gasteiger partial charge in [-0.1, -0.05) is 208 Å². The van der Waals surface area contributed by atoms with Gasteiger partial charge in [-0.15, -0.1) is 0 Å². The highest BCUT2D eigenvalue weighted by Gasteiger charge is 2.39. The van der Waals surface area contributed by atoms with Gasteiger partial charge in [-0.3, -0.25) is 19.3 Å². The van der Waals surface area contributed by atoms with Gasteiger partial charge in [0.05, 0.1) is 24.7 Å². The zero-order valence-corrected chi connectivity index (χ0v) is 49.6. The van der Waals surface area contributed by atoms with E-state index in [0.29, 0.717) is 38.6 Å². The molecule has 0 radical (unpaired) electrons. The van der Waals surface area contributed by atoms with E-state index in [-0.39, 0.29) is 30.0 Å². The maximum absolute atomic E-state index is 14.0. The molecule has 0 aliphatic carbocycles. The summed E-state index contributed by atoms with van der Waals surface area (Å²) in [6, 6.07) is -0.0590. The molecule has 0 bridgehead atoms. The molecule has 72 heavy (non-hydrogen) atoms. The molecule has 1 unspecified atom stereocenters. The molecule has 0 aromatic heterocycles. The highest BCUT2D eigenvalue weighted by Crippen LogP contribution is 2.31. The Labute approximate surface area is 446 Å². The Morgan fingerprint density at radius 1 is 0.556 bits per heavy atom. The Morgan fingerprint density at radius 2 is 1.01 bits per heavy atom. The van der Waals surface area contributed by atoms with Gasteiger partial charge in [0.15, 0.2) is 6.29 Å². The number of rotatable bonds is 49. The number of carbonyl (C=O) groups is 3. The summed E-state index contributed by atoms with van der Waals surface area (Å²) in [5, 5.41) is 10.7. The molecule has 1 fully saturated rings. The number of amides is 1. The quantitative estimate of drug-likeness (QED) is 0.0362. The number of hydrogen-bond acceptors (Lipinski definition) is 9. The van der Waals surface area contributed by atoms with Crippen molar-refractivity contribution in [2.45, 2.75) is 311 Å². The van der Waals surface area contributed by atoms with E-state index in [1.165, 1.54) is 128 Å². The summed E-state index contributed by atoms with van der Waals surface area (Å²) in [5.74, 6) is 0.767. The van der Waals surface area contributed by atoms with Crippen LogP contribution in [0.25, 0.3) is 0 Å². The van der Waals surface area contributed by atoms with Crippen molar-refractivity contribution in [1.82, 2.24) is 14.7 Å². The lowest BCUT2D eigenvalue weighted by atomic mass is 9.84. The number of unbranched alkanes of at least 4 members (excludes halogenated alkanes) is 20. The number of aliphatic hydroxyl groups excluding tert-OH is 1. The van der Waals surface area contributed by atoms with Gasteiger partial charge in [-0.2, -0.15) is 0 Å². The van der Waals surface area contributed by atoms with Crippen molar-refractivity contribution >= 4 is 17.8 Å². The lowest BCUT2D eigenvalue weighted by Crippen LogP contribution is -2.44. The van der Waals surface area contributed by atoms with Crippen molar-refractivity contribution in [3.8, 4) is 0 Å². The molecule has 1 aliphatic heterocycles. The molecule has 426 valence electrons. The van der Waals surface area contributed by atoms with Crippen molar-refractivity contribution < 1.29 is 33.7 Å². The minimum Gasteiger partial charge on any atom is -0.465 e. The zero-order valence-electron chi connectivity index (χ0n) is 49.6. The lowest BCUT2D eigenvalue weighted by Gasteiger charge is -2.35. The van der Waals surface area contributed by atoms with Gasteiger partial charge in [-0.05, 0) is 91.8 Å². The van der Waals surface area contributed by atoms with Crippen LogP contribution < -0.4 is 0 Å². The first-order valence-electron chi connectivity index (χ1n) is 30.9. The second kappa shape index (κ2) is 42.4. The highest BCUT2D eigenvalue weighted by molar-refractivity contribution is 5.82. The van der Waals surface area contributed by atoms with E-state index in [0.717, 1.165) is 109 Å². The molecule has 0 spiro atoms. The summed E-state index contributed by atoms with van der Waals surface area (Å²) in [4.78, 5) is 47.1. The van der Waals surface area contributed by atoms with Crippen molar-refractivity contribution in [3.05, 3.63) is 0 Å². The third-order valence-corrected chi connectivity index (χ3v) is 16.0. The predicted molar refractivity (Wildman–Crippen MR) is 303 cm³/mol. The monoisotopic (exact) mass is 1020 g/mol. The topological polar surface area (TPSA) is 109 Å². The average molecular weight is 1020 g/mol. The molecule has 0 aromatic rings. The first kappa shape index (κ1) is 68.3. The zero-order chi connectivity index (χ0) is 53.5. The number of likely N-dealkylation sites (tertiary alicyclic amines) is 1. The third kappa shape index (κ3) is 32.6. The molecule has 1 rings (SSSR count). The number of carbonyl (C=O) groups excluding carboxylic acids is 3. The van der Waals surface area contributed by atoms with Gasteiger partial charge in [0, 0.05) is 44.4 Å². The Kier molecular flexibility index (Phi) is 40.2. The number of ether oxygens (including phenoxy) is 3. The molecule has 1 aliphatic rings. The van der Waals surface area contributed by atoms with Crippen molar-refractivity contribution in [3.63, 3.8) is 0 Å². The third-order valence-electron chi connectivity index (χ3n) is 16.0. The van der Waals surface area contributed by atoms with Crippen molar-refractivity contribution in [2.75, 3.05) is 54.0 Å². The molecule has 0 aromatic carbocycles. The largest absolute Gasteiger partial charge is 0.465 e. The standard InChI is InChI=1S/C62H121N3O7/c1-12-16-20-22-24-32-42-54(43-33-25-23-21-17-13-2)64(11)59(68)61(5,6)45-34-27-29-37-49-70-58(67)56-51-55(72-57(66)44-48-63(9)10)52-65(56)47-36-28-26-35-46-62(7,8)60(69)71-50-38-41-53(39-30-18-14-3)40-31-19-15-4/h53-57,66H,12-52H2,1-11H3/t55-,56-,57?/m0/s1. The molecule has 1 heterocycles. The first-order valence-corrected chi connectivity index (χ1v) is 30.9. The van der Waals surface area contributed by atoms with E-state index in [1.807, 2.05) is 32.8 Å². The summed E-state index contributed by atoms with van der Waals surface area (Å²) in [5.41, 5.74) is -0.902. The smallest absolute Gasteiger partial charge is 0.323 e. The molecule has 1 saturated heterocycles. The first-order chi connectivity index (χ1) is 34.5. The Morgan fingerprint density at radius 3 is 1.58 bits per heavy atom. The molecule has 10 nitrogen and oxygen atoms in total. The van der Waals surface area contributed by atoms with Crippen LogP contribution in [-0.2, 0) is 28.6 Å². The van der Waals surface area contributed by atoms with Crippen LogP contribution in [0.5, 0.6) is 0 Å². The predicted octanol–water partition coefficient (Wildman–Crippen LogP) is 15.6. The van der Waals surface area contributed by atoms with Crippen LogP contribution in [-0.4, -0.2) is 116 Å². The van der Waals surface area contributed by atoms with Crippen molar-refractivity contribution in [2.24, 2.45) is 16.7 Å². The fourth-order valence-corrected chi connectivity index (χ4v) is 10.9. The molecule has 0 saturated carbocycles. The van der Waals surface area contributed by atoms with Gasteiger partial charge in [0.2, 0.25) is 5.91 Å². The summed E-state index contributed by atoms with van der Waals surface area (Å²) < 4.78 is 17.9. The van der Waals surface area contributed by atoms with Crippen LogP contribution in [0.15, 0.2) is 0 Å². The number of nitrogens with zero attached hydrogens (tertiary/aromatic N) is 3. The minimum absolute atomic E-state index is 0.0758. The number of aliphatic hydroxyl groups is 1. The average Bonchev–Trinajstić information content (AvgIpc) is 3.75. The second-order valence-electron chi connectivity index (χ2n) is 24.1. The van der Waals surface area contributed by atoms with Gasteiger partial charge in [0.25, 0.3) is 0 Å². The van der Waals surface area contributed by atoms with Crippen LogP contribution >= 0.6 is 0 Å². The number of hydrogen-bond donors (Lipinski definition) is 1. The van der Waals surface area contributed by atoms with E-state index in [2.05, 4.69) is 58.4 Å². The minimum atomic E-state index is -0.871. The molecule has 1 N–H and O–H groups in total. The Bertz CT molecular complexity index is 1300. The molecule has 10 heteroatoms. The van der Waals surface area contributed by atoms with Crippen LogP contribution in [0, 0.1) is 16.7 Å². The lowest BCUT2D eigenvalue weighted by molar-refractivity contribution is -0.154. The summed E-state index contributed by atoms with van der Waals surface area (Å²) in [6.45, 7) is 20.4. The van der Waals surface area contributed by atoms with E-state index in [9.17, 15) is 19.5 Å². The van der Waals surface area contributed by atoms with Gasteiger partial charge < -0.3 is 29.1 Å². The van der Waals surface area contributed by atoms with E-state index in [1.54, 1.807) is 0 Å². The Hall–Kier alpha value is -1.75. The van der Waals surface area contributed by atoms with Crippen LogP contribution in [0.2, 0.25) is 0 Å². The summed E-state index contributed by atoms with van der Waals surface area (Å²) in [7, 11) is 6.03. The normalized spacial score (nSPS) is 16.1. The van der Waals surface area contributed by atoms with Crippen LogP contribution in [0.3, 0.4) is 0 Å². The van der Waals surface area contributed by atoms with E-state index in [4.69, 9.17) is 14.2 Å². The maximum Gasteiger partial charge on any atom is 0.323 e. The molecule has 1 amide bonds. The summed E-state index contributed by atoms with van der Waals surface area (Å²) >= 11 is 0. The molecular formula is C62H121N3O7. The van der Waals surface area contributed by atoms with Gasteiger partial charge in [0.1, 0.15) is 6.04 Å². The Balaban J connectivity index is 2.61. The van der Waals surface area contributed by atoms with E-state index >= 15 is 0 Å². The number of esters is 2. The van der Waals surface area contributed by atoms with E-state index < -0.39 is 17.1 Å². The fourth-order valence-electron chi connectivity index (χ4n) is 10.9. The van der Waals surface area contributed by atoms with Gasteiger partial charge >= 0.3 is 11.9 Å². The second-order valence-corrected chi connectivity index (χ2v) is 24.1. The maximum atomic E-state index is 14.0. The van der Waals surface area contributed by atoms with Crippen LogP contribution in [0.4, 0.5) is 0 Å². The molecular weight excluding hydrogens is 899 g/mol. The van der Waals surface area contributed by atoms with Crippen molar-refractivity contribution in [1.29, 1.82) is 0 Å². The molecule has 3 atom stereocenters.